The van der Waals surface area contributed by atoms with Crippen LogP contribution in [0, 0.1) is 0 Å². The Bertz CT molecular complexity index is 869. The minimum absolute atomic E-state index is 0.0576. The zero-order valence-corrected chi connectivity index (χ0v) is 10.5. The second kappa shape index (κ2) is 4.31. The van der Waals surface area contributed by atoms with E-state index in [1.165, 1.54) is 12.1 Å². The van der Waals surface area contributed by atoms with Gasteiger partial charge in [0.1, 0.15) is 17.1 Å². The van der Waals surface area contributed by atoms with E-state index in [-0.39, 0.29) is 16.9 Å². The molecule has 3 aromatic rings. The summed E-state index contributed by atoms with van der Waals surface area (Å²) >= 11 is 0. The molecule has 100 valence electrons. The molecule has 1 heterocycles. The molecule has 5 nitrogen and oxygen atoms in total. The van der Waals surface area contributed by atoms with Gasteiger partial charge in [0, 0.05) is 17.3 Å². The molecule has 0 bridgehead atoms. The molecule has 0 spiro atoms. The van der Waals surface area contributed by atoms with Crippen LogP contribution in [0.25, 0.3) is 22.3 Å². The van der Waals surface area contributed by atoms with Crippen LogP contribution in [0.2, 0.25) is 0 Å². The Morgan fingerprint density at radius 1 is 1.00 bits per heavy atom. The van der Waals surface area contributed by atoms with Crippen LogP contribution in [0.3, 0.4) is 0 Å². The molecule has 5 heteroatoms. The fourth-order valence-corrected chi connectivity index (χ4v) is 2.08. The van der Waals surface area contributed by atoms with Gasteiger partial charge in [-0.2, -0.15) is 0 Å². The molecule has 0 aliphatic rings. The molecule has 20 heavy (non-hydrogen) atoms. The minimum atomic E-state index is -0.226. The van der Waals surface area contributed by atoms with Gasteiger partial charge >= 0.3 is 0 Å². The zero-order chi connectivity index (χ0) is 14.3. The Kier molecular flexibility index (Phi) is 2.61. The molecule has 0 aliphatic carbocycles. The summed E-state index contributed by atoms with van der Waals surface area (Å²) in [5.74, 6) is 0.293. The number of rotatable bonds is 1. The van der Waals surface area contributed by atoms with Crippen molar-refractivity contribution in [2.75, 3.05) is 11.5 Å². The third kappa shape index (κ3) is 1.85. The zero-order valence-electron chi connectivity index (χ0n) is 10.5. The predicted molar refractivity (Wildman–Crippen MR) is 78.4 cm³/mol. The molecule has 0 radical (unpaired) electrons. The number of phenolic OH excluding ortho intramolecular Hbond substituents is 1. The Labute approximate surface area is 114 Å². The minimum Gasteiger partial charge on any atom is -0.506 e. The van der Waals surface area contributed by atoms with Gasteiger partial charge < -0.3 is 21.0 Å². The number of anilines is 2. The van der Waals surface area contributed by atoms with Crippen LogP contribution >= 0.6 is 0 Å². The number of nitrogens with two attached hydrogens (primary N) is 2. The van der Waals surface area contributed by atoms with Crippen molar-refractivity contribution >= 4 is 22.3 Å². The lowest BCUT2D eigenvalue weighted by molar-refractivity contribution is 0.478. The topological polar surface area (TPSA) is 102 Å². The Hall–Kier alpha value is -2.95. The average Bonchev–Trinajstić information content (AvgIpc) is 2.41. The van der Waals surface area contributed by atoms with Crippen molar-refractivity contribution in [1.29, 1.82) is 0 Å². The highest BCUT2D eigenvalue weighted by molar-refractivity contribution is 5.89. The number of fused-ring (bicyclic) bond motifs is 1. The van der Waals surface area contributed by atoms with E-state index in [2.05, 4.69) is 0 Å². The lowest BCUT2D eigenvalue weighted by Crippen LogP contribution is -2.03. The molecular formula is C15H12N2O3. The number of aromatic hydroxyl groups is 1. The highest BCUT2D eigenvalue weighted by Gasteiger charge is 2.10. The van der Waals surface area contributed by atoms with Crippen molar-refractivity contribution in [3.8, 4) is 17.1 Å². The summed E-state index contributed by atoms with van der Waals surface area (Å²) < 4.78 is 5.67. The number of phenols is 1. The first-order valence-corrected chi connectivity index (χ1v) is 5.97. The van der Waals surface area contributed by atoms with E-state index >= 15 is 0 Å². The number of benzene rings is 2. The van der Waals surface area contributed by atoms with Gasteiger partial charge in [-0.1, -0.05) is 6.07 Å². The standard InChI is InChI=1S/C15H12N2O3/c16-9-5-4-8(6-11(9)18)14-7-12(19)15-10(17)2-1-3-13(15)20-14/h1-7,18H,16-17H2. The predicted octanol–water partition coefficient (Wildman–Crippen LogP) is 2.33. The van der Waals surface area contributed by atoms with Crippen molar-refractivity contribution in [3.63, 3.8) is 0 Å². The summed E-state index contributed by atoms with van der Waals surface area (Å²) in [6, 6.07) is 11.1. The summed E-state index contributed by atoms with van der Waals surface area (Å²) in [6.07, 6.45) is 0. The van der Waals surface area contributed by atoms with E-state index in [4.69, 9.17) is 15.9 Å². The second-order valence-electron chi connectivity index (χ2n) is 4.47. The van der Waals surface area contributed by atoms with Crippen LogP contribution in [-0.4, -0.2) is 5.11 Å². The van der Waals surface area contributed by atoms with Crippen LogP contribution in [0.1, 0.15) is 0 Å². The van der Waals surface area contributed by atoms with Crippen molar-refractivity contribution in [1.82, 2.24) is 0 Å². The SMILES string of the molecule is Nc1ccc(-c2cc(=O)c3c(N)cccc3o2)cc1O. The number of hydrogen-bond acceptors (Lipinski definition) is 5. The summed E-state index contributed by atoms with van der Waals surface area (Å²) in [7, 11) is 0. The quantitative estimate of drug-likeness (QED) is 0.464. The molecule has 0 unspecified atom stereocenters. The van der Waals surface area contributed by atoms with Crippen molar-refractivity contribution in [2.45, 2.75) is 0 Å². The van der Waals surface area contributed by atoms with Crippen LogP contribution in [0.5, 0.6) is 5.75 Å². The molecule has 0 amide bonds. The number of hydrogen-bond donors (Lipinski definition) is 3. The molecule has 2 aromatic carbocycles. The normalized spacial score (nSPS) is 10.8. The molecule has 3 rings (SSSR count). The van der Waals surface area contributed by atoms with E-state index in [1.807, 2.05) is 0 Å². The number of nitrogen functional groups attached to an aromatic ring is 2. The van der Waals surface area contributed by atoms with Gasteiger partial charge in [0.2, 0.25) is 0 Å². The van der Waals surface area contributed by atoms with Crippen LogP contribution in [0.15, 0.2) is 51.7 Å². The first-order valence-electron chi connectivity index (χ1n) is 5.97. The van der Waals surface area contributed by atoms with E-state index in [0.29, 0.717) is 28.0 Å². The maximum Gasteiger partial charge on any atom is 0.195 e. The van der Waals surface area contributed by atoms with Crippen LogP contribution in [-0.2, 0) is 0 Å². The summed E-state index contributed by atoms with van der Waals surface area (Å²) in [5.41, 5.74) is 12.7. The lowest BCUT2D eigenvalue weighted by Gasteiger charge is -2.06. The van der Waals surface area contributed by atoms with Gasteiger partial charge in [0.25, 0.3) is 0 Å². The van der Waals surface area contributed by atoms with Crippen molar-refractivity contribution in [3.05, 3.63) is 52.7 Å². The summed E-state index contributed by atoms with van der Waals surface area (Å²) in [4.78, 5) is 12.1. The van der Waals surface area contributed by atoms with E-state index in [1.54, 1.807) is 30.3 Å². The third-order valence-corrected chi connectivity index (χ3v) is 3.10. The fourth-order valence-electron chi connectivity index (χ4n) is 2.08. The second-order valence-corrected chi connectivity index (χ2v) is 4.47. The van der Waals surface area contributed by atoms with Gasteiger partial charge in [-0.15, -0.1) is 0 Å². The molecule has 0 saturated carbocycles. The monoisotopic (exact) mass is 268 g/mol. The van der Waals surface area contributed by atoms with E-state index in [0.717, 1.165) is 0 Å². The van der Waals surface area contributed by atoms with Gasteiger partial charge in [-0.05, 0) is 30.3 Å². The summed E-state index contributed by atoms with van der Waals surface area (Å²) in [6.45, 7) is 0. The molecule has 0 atom stereocenters. The van der Waals surface area contributed by atoms with Gasteiger partial charge in [-0.25, -0.2) is 0 Å². The smallest absolute Gasteiger partial charge is 0.195 e. The van der Waals surface area contributed by atoms with Crippen LogP contribution < -0.4 is 16.9 Å². The largest absolute Gasteiger partial charge is 0.506 e. The molecule has 1 aromatic heterocycles. The average molecular weight is 268 g/mol. The maximum absolute atomic E-state index is 12.1. The van der Waals surface area contributed by atoms with Gasteiger partial charge in [0.05, 0.1) is 11.1 Å². The maximum atomic E-state index is 12.1. The highest BCUT2D eigenvalue weighted by Crippen LogP contribution is 2.29. The Morgan fingerprint density at radius 2 is 1.80 bits per heavy atom. The highest BCUT2D eigenvalue weighted by atomic mass is 16.3. The van der Waals surface area contributed by atoms with E-state index in [9.17, 15) is 9.90 Å². The van der Waals surface area contributed by atoms with Crippen LogP contribution in [0.4, 0.5) is 11.4 Å². The molecule has 5 N–H and O–H groups in total. The Morgan fingerprint density at radius 3 is 2.55 bits per heavy atom. The fraction of sp³-hybridized carbons (Fsp3) is 0. The lowest BCUT2D eigenvalue weighted by atomic mass is 10.1. The molecular weight excluding hydrogens is 256 g/mol. The summed E-state index contributed by atoms with van der Waals surface area (Å²) in [5, 5.41) is 9.98. The third-order valence-electron chi connectivity index (χ3n) is 3.10. The van der Waals surface area contributed by atoms with Gasteiger partial charge in [-0.3, -0.25) is 4.79 Å². The van der Waals surface area contributed by atoms with Crippen molar-refractivity contribution < 1.29 is 9.52 Å². The molecule has 0 fully saturated rings. The van der Waals surface area contributed by atoms with Crippen molar-refractivity contribution in [2.24, 2.45) is 0 Å². The molecule has 0 saturated heterocycles. The molecule has 0 aliphatic heterocycles. The first-order chi connectivity index (χ1) is 9.56. The van der Waals surface area contributed by atoms with Gasteiger partial charge in [0.15, 0.2) is 5.43 Å². The Balaban J connectivity index is 2.27. The van der Waals surface area contributed by atoms with E-state index < -0.39 is 0 Å². The first kappa shape index (κ1) is 12.1.